The van der Waals surface area contributed by atoms with Crippen LogP contribution in [0, 0.1) is 0 Å². The van der Waals surface area contributed by atoms with E-state index in [1.807, 2.05) is 6.92 Å². The second-order valence-corrected chi connectivity index (χ2v) is 11.9. The predicted octanol–water partition coefficient (Wildman–Crippen LogP) is 3.68. The molecule has 0 aliphatic heterocycles. The Kier molecular flexibility index (Phi) is 5.58. The number of thioether (sulfide) groups is 1. The van der Waals surface area contributed by atoms with Crippen molar-refractivity contribution < 1.29 is 9.22 Å². The number of rotatable bonds is 4. The number of hydrogen-bond acceptors (Lipinski definition) is 3. The molecule has 4 heteroatoms. The van der Waals surface area contributed by atoms with Gasteiger partial charge in [-0.25, -0.2) is 0 Å². The lowest BCUT2D eigenvalue weighted by molar-refractivity contribution is -0.109. The smallest absolute Gasteiger partial charge is 0.192 e. The Balaban J connectivity index is 4.10. The fourth-order valence-corrected chi connectivity index (χ4v) is 2.78. The highest BCUT2D eigenvalue weighted by molar-refractivity contribution is 8.14. The zero-order valence-corrected chi connectivity index (χ0v) is 12.8. The van der Waals surface area contributed by atoms with Crippen molar-refractivity contribution in [1.29, 1.82) is 0 Å². The molecule has 0 aromatic heterocycles. The molecule has 0 aliphatic rings. The Hall–Kier alpha value is 0.197. The zero-order chi connectivity index (χ0) is 12.3. The van der Waals surface area contributed by atoms with Crippen LogP contribution in [0.15, 0.2) is 0 Å². The summed E-state index contributed by atoms with van der Waals surface area (Å²) in [6.07, 6.45) is 0. The molecule has 15 heavy (non-hydrogen) atoms. The Morgan fingerprint density at radius 1 is 1.40 bits per heavy atom. The third-order valence-electron chi connectivity index (χ3n) is 2.85. The van der Waals surface area contributed by atoms with E-state index in [2.05, 4.69) is 33.9 Å². The van der Waals surface area contributed by atoms with E-state index in [0.717, 1.165) is 0 Å². The largest absolute Gasteiger partial charge is 0.416 e. The summed E-state index contributed by atoms with van der Waals surface area (Å²) in [5, 5.41) is 0.672. The topological polar surface area (TPSA) is 26.3 Å². The van der Waals surface area contributed by atoms with Gasteiger partial charge in [0, 0.05) is 18.8 Å². The molecule has 0 heterocycles. The molecule has 90 valence electrons. The van der Waals surface area contributed by atoms with Crippen molar-refractivity contribution in [3.8, 4) is 0 Å². The summed E-state index contributed by atoms with van der Waals surface area (Å²) in [6, 6.07) is 0. The molecule has 0 aromatic carbocycles. The first-order valence-corrected chi connectivity index (χ1v) is 9.16. The summed E-state index contributed by atoms with van der Waals surface area (Å²) >= 11 is 1.36. The highest BCUT2D eigenvalue weighted by Gasteiger charge is 2.37. The Morgan fingerprint density at radius 2 is 1.87 bits per heavy atom. The van der Waals surface area contributed by atoms with Gasteiger partial charge in [0.15, 0.2) is 13.4 Å². The van der Waals surface area contributed by atoms with E-state index >= 15 is 0 Å². The van der Waals surface area contributed by atoms with Crippen LogP contribution in [0.4, 0.5) is 0 Å². The third-order valence-corrected chi connectivity index (χ3v) is 8.22. The molecule has 0 fully saturated rings. The summed E-state index contributed by atoms with van der Waals surface area (Å²) in [5.41, 5.74) is 0. The average Bonchev–Trinajstić information content (AvgIpc) is 1.97. The number of carbonyl (C=O) groups is 1. The summed E-state index contributed by atoms with van der Waals surface area (Å²) in [4.78, 5) is 10.9. The van der Waals surface area contributed by atoms with E-state index in [1.165, 1.54) is 11.8 Å². The standard InChI is InChI=1S/C11H24O2SSi/c1-9(14-10(2)12)8-13-15(6,7)11(3,4)5/h9H,8H2,1-7H3. The maximum atomic E-state index is 10.9. The SMILES string of the molecule is CC(=O)SC(C)CO[Si](C)(C)C(C)(C)C. The van der Waals surface area contributed by atoms with Crippen molar-refractivity contribution >= 4 is 25.2 Å². The van der Waals surface area contributed by atoms with E-state index in [1.54, 1.807) is 6.92 Å². The molecule has 0 radical (unpaired) electrons. The van der Waals surface area contributed by atoms with Crippen molar-refractivity contribution in [2.24, 2.45) is 0 Å². The fourth-order valence-electron chi connectivity index (χ4n) is 0.860. The predicted molar refractivity (Wildman–Crippen MR) is 70.9 cm³/mol. The van der Waals surface area contributed by atoms with Gasteiger partial charge in [-0.05, 0) is 18.1 Å². The summed E-state index contributed by atoms with van der Waals surface area (Å²) in [7, 11) is -1.64. The van der Waals surface area contributed by atoms with Crippen molar-refractivity contribution in [3.05, 3.63) is 0 Å². The Bertz CT molecular complexity index is 221. The maximum absolute atomic E-state index is 10.9. The van der Waals surface area contributed by atoms with Gasteiger partial charge in [0.2, 0.25) is 0 Å². The maximum Gasteiger partial charge on any atom is 0.192 e. The lowest BCUT2D eigenvalue weighted by Gasteiger charge is -2.36. The van der Waals surface area contributed by atoms with Gasteiger partial charge < -0.3 is 4.43 Å². The normalized spacial score (nSPS) is 15.1. The van der Waals surface area contributed by atoms with Crippen molar-refractivity contribution in [1.82, 2.24) is 0 Å². The van der Waals surface area contributed by atoms with Crippen LogP contribution in [0.25, 0.3) is 0 Å². The van der Waals surface area contributed by atoms with Gasteiger partial charge in [0.1, 0.15) is 0 Å². The second-order valence-electron chi connectivity index (χ2n) is 5.49. The number of hydrogen-bond donors (Lipinski definition) is 0. The van der Waals surface area contributed by atoms with Gasteiger partial charge in [-0.15, -0.1) is 0 Å². The lowest BCUT2D eigenvalue weighted by Crippen LogP contribution is -2.42. The first kappa shape index (κ1) is 15.2. The molecule has 0 amide bonds. The van der Waals surface area contributed by atoms with Gasteiger partial charge in [-0.2, -0.15) is 0 Å². The first-order valence-electron chi connectivity index (χ1n) is 5.37. The molecule has 2 nitrogen and oxygen atoms in total. The minimum Gasteiger partial charge on any atom is -0.416 e. The van der Waals surface area contributed by atoms with Gasteiger partial charge in [-0.1, -0.05) is 39.5 Å². The summed E-state index contributed by atoms with van der Waals surface area (Å²) < 4.78 is 6.02. The molecular weight excluding hydrogens is 224 g/mol. The van der Waals surface area contributed by atoms with E-state index in [9.17, 15) is 4.79 Å². The van der Waals surface area contributed by atoms with Crippen molar-refractivity contribution in [3.63, 3.8) is 0 Å². The molecule has 0 aromatic rings. The van der Waals surface area contributed by atoms with Gasteiger partial charge in [0.25, 0.3) is 0 Å². The molecule has 0 N–H and O–H groups in total. The quantitative estimate of drug-likeness (QED) is 0.710. The molecule has 1 atom stereocenters. The van der Waals surface area contributed by atoms with Crippen LogP contribution < -0.4 is 0 Å². The zero-order valence-electron chi connectivity index (χ0n) is 11.0. The molecule has 0 spiro atoms. The molecule has 0 rings (SSSR count). The van der Waals surface area contributed by atoms with Crippen LogP contribution in [-0.4, -0.2) is 25.3 Å². The average molecular weight is 248 g/mol. The molecule has 0 saturated heterocycles. The molecular formula is C11H24O2SSi. The monoisotopic (exact) mass is 248 g/mol. The summed E-state index contributed by atoms with van der Waals surface area (Å²) in [5.74, 6) is 0. The highest BCUT2D eigenvalue weighted by atomic mass is 32.2. The van der Waals surface area contributed by atoms with Gasteiger partial charge in [-0.3, -0.25) is 4.79 Å². The molecule has 1 unspecified atom stereocenters. The first-order chi connectivity index (χ1) is 6.56. The molecule has 0 aliphatic carbocycles. The number of carbonyl (C=O) groups excluding carboxylic acids is 1. The van der Waals surface area contributed by atoms with Crippen LogP contribution in [0.5, 0.6) is 0 Å². The van der Waals surface area contributed by atoms with Crippen LogP contribution in [0.3, 0.4) is 0 Å². The Morgan fingerprint density at radius 3 is 2.20 bits per heavy atom. The second kappa shape index (κ2) is 5.50. The lowest BCUT2D eigenvalue weighted by atomic mass is 10.2. The van der Waals surface area contributed by atoms with Crippen LogP contribution >= 0.6 is 11.8 Å². The third kappa shape index (κ3) is 5.73. The van der Waals surface area contributed by atoms with E-state index in [-0.39, 0.29) is 15.4 Å². The van der Waals surface area contributed by atoms with E-state index in [0.29, 0.717) is 6.61 Å². The minimum absolute atomic E-state index is 0.168. The minimum atomic E-state index is -1.64. The van der Waals surface area contributed by atoms with E-state index < -0.39 is 8.32 Å². The van der Waals surface area contributed by atoms with Crippen molar-refractivity contribution in [2.75, 3.05) is 6.61 Å². The molecule has 0 bridgehead atoms. The summed E-state index contributed by atoms with van der Waals surface area (Å²) in [6.45, 7) is 15.5. The van der Waals surface area contributed by atoms with E-state index in [4.69, 9.17) is 4.43 Å². The van der Waals surface area contributed by atoms with Gasteiger partial charge in [0.05, 0.1) is 0 Å². The van der Waals surface area contributed by atoms with Crippen LogP contribution in [-0.2, 0) is 9.22 Å². The highest BCUT2D eigenvalue weighted by Crippen LogP contribution is 2.36. The Labute approximate surface area is 99.3 Å². The van der Waals surface area contributed by atoms with Crippen molar-refractivity contribution in [2.45, 2.75) is 58.0 Å². The molecule has 0 saturated carbocycles. The van der Waals surface area contributed by atoms with Crippen LogP contribution in [0.1, 0.15) is 34.6 Å². The van der Waals surface area contributed by atoms with Crippen LogP contribution in [0.2, 0.25) is 18.1 Å². The van der Waals surface area contributed by atoms with Gasteiger partial charge >= 0.3 is 0 Å². The fraction of sp³-hybridized carbons (Fsp3) is 0.909.